The van der Waals surface area contributed by atoms with Gasteiger partial charge in [-0.3, -0.25) is 9.71 Å². The molecule has 3 rings (SSSR count). The molecule has 5 heteroatoms. The van der Waals surface area contributed by atoms with E-state index in [-0.39, 0.29) is 6.04 Å². The Bertz CT molecular complexity index is 614. The molecule has 0 spiro atoms. The smallest absolute Gasteiger partial charge is 0.263 e. The van der Waals surface area contributed by atoms with Crippen LogP contribution in [0.2, 0.25) is 0 Å². The average Bonchev–Trinajstić information content (AvgIpc) is 2.65. The fraction of sp³-hybridized carbons (Fsp3) is 0.500. The standard InChI is InChI=1S/C14H18N2O2S/c1-10-6-8-11(9-7-10)15-14-12-4-2-3-5-13(12)19(17,18)16-14/h2-5,10-11H,6-9H2,1H3,(H,15,16). The number of amidine groups is 1. The summed E-state index contributed by atoms with van der Waals surface area (Å²) in [6.07, 6.45) is 4.45. The average molecular weight is 278 g/mol. The Morgan fingerprint density at radius 1 is 1.16 bits per heavy atom. The minimum atomic E-state index is -3.40. The van der Waals surface area contributed by atoms with E-state index >= 15 is 0 Å². The van der Waals surface area contributed by atoms with Gasteiger partial charge in [0.1, 0.15) is 5.84 Å². The first-order chi connectivity index (χ1) is 9.06. The third-order valence-corrected chi connectivity index (χ3v) is 5.36. The van der Waals surface area contributed by atoms with E-state index < -0.39 is 10.0 Å². The lowest BCUT2D eigenvalue weighted by Gasteiger charge is -2.23. The van der Waals surface area contributed by atoms with Crippen LogP contribution in [0.4, 0.5) is 0 Å². The normalized spacial score (nSPS) is 30.9. The third kappa shape index (κ3) is 2.39. The molecule has 1 aliphatic carbocycles. The maximum atomic E-state index is 12.0. The van der Waals surface area contributed by atoms with Crippen molar-refractivity contribution in [3.63, 3.8) is 0 Å². The highest BCUT2D eigenvalue weighted by Crippen LogP contribution is 2.28. The molecule has 1 saturated carbocycles. The van der Waals surface area contributed by atoms with Gasteiger partial charge in [0.15, 0.2) is 0 Å². The van der Waals surface area contributed by atoms with Gasteiger partial charge in [-0.25, -0.2) is 8.42 Å². The van der Waals surface area contributed by atoms with E-state index in [1.54, 1.807) is 12.1 Å². The van der Waals surface area contributed by atoms with Crippen LogP contribution in [0.5, 0.6) is 0 Å². The van der Waals surface area contributed by atoms with E-state index in [4.69, 9.17) is 0 Å². The number of fused-ring (bicyclic) bond motifs is 1. The van der Waals surface area contributed by atoms with Gasteiger partial charge in [0.05, 0.1) is 10.9 Å². The topological polar surface area (TPSA) is 58.5 Å². The van der Waals surface area contributed by atoms with E-state index in [0.717, 1.165) is 18.8 Å². The molecule has 1 N–H and O–H groups in total. The van der Waals surface area contributed by atoms with Gasteiger partial charge in [0.2, 0.25) is 0 Å². The van der Waals surface area contributed by atoms with Crippen LogP contribution in [0.1, 0.15) is 38.2 Å². The lowest BCUT2D eigenvalue weighted by Crippen LogP contribution is -2.25. The number of sulfonamides is 1. The quantitative estimate of drug-likeness (QED) is 0.857. The van der Waals surface area contributed by atoms with Crippen molar-refractivity contribution in [3.05, 3.63) is 29.8 Å². The van der Waals surface area contributed by atoms with Crippen LogP contribution in [-0.4, -0.2) is 20.3 Å². The zero-order valence-electron chi connectivity index (χ0n) is 11.0. The van der Waals surface area contributed by atoms with Gasteiger partial charge < -0.3 is 0 Å². The van der Waals surface area contributed by atoms with Crippen LogP contribution in [0.25, 0.3) is 0 Å². The summed E-state index contributed by atoms with van der Waals surface area (Å²) in [5, 5.41) is 0. The van der Waals surface area contributed by atoms with Gasteiger partial charge in [-0.1, -0.05) is 19.1 Å². The summed E-state index contributed by atoms with van der Waals surface area (Å²) in [6.45, 7) is 2.26. The third-order valence-electron chi connectivity index (χ3n) is 3.96. The van der Waals surface area contributed by atoms with Crippen molar-refractivity contribution in [1.29, 1.82) is 0 Å². The van der Waals surface area contributed by atoms with Gasteiger partial charge in [-0.15, -0.1) is 0 Å². The molecule has 0 amide bonds. The van der Waals surface area contributed by atoms with Crippen molar-refractivity contribution in [2.45, 2.75) is 43.5 Å². The maximum Gasteiger partial charge on any atom is 0.263 e. The summed E-state index contributed by atoms with van der Waals surface area (Å²) in [5.74, 6) is 1.29. The first kappa shape index (κ1) is 12.7. The Balaban J connectivity index is 1.91. The molecule has 0 radical (unpaired) electrons. The second-order valence-corrected chi connectivity index (χ2v) is 7.14. The predicted octanol–water partition coefficient (Wildman–Crippen LogP) is 2.30. The lowest BCUT2D eigenvalue weighted by atomic mass is 9.88. The Kier molecular flexibility index (Phi) is 3.09. The summed E-state index contributed by atoms with van der Waals surface area (Å²) < 4.78 is 26.5. The molecule has 0 aromatic heterocycles. The Hall–Kier alpha value is -1.36. The van der Waals surface area contributed by atoms with E-state index in [0.29, 0.717) is 16.3 Å². The molecule has 1 aromatic carbocycles. The van der Waals surface area contributed by atoms with Crippen LogP contribution < -0.4 is 4.72 Å². The van der Waals surface area contributed by atoms with Gasteiger partial charge in [-0.2, -0.15) is 0 Å². The van der Waals surface area contributed by atoms with E-state index in [2.05, 4.69) is 16.6 Å². The van der Waals surface area contributed by atoms with Gasteiger partial charge >= 0.3 is 0 Å². The zero-order chi connectivity index (χ0) is 13.5. The highest BCUT2D eigenvalue weighted by molar-refractivity contribution is 7.90. The lowest BCUT2D eigenvalue weighted by molar-refractivity contribution is 0.349. The molecule has 2 aliphatic rings. The van der Waals surface area contributed by atoms with Crippen LogP contribution in [0.15, 0.2) is 34.2 Å². The summed E-state index contributed by atoms with van der Waals surface area (Å²) in [5.41, 5.74) is 0.709. The molecule has 0 atom stereocenters. The van der Waals surface area contributed by atoms with Crippen molar-refractivity contribution in [2.24, 2.45) is 10.9 Å². The summed E-state index contributed by atoms with van der Waals surface area (Å²) >= 11 is 0. The zero-order valence-corrected chi connectivity index (χ0v) is 11.8. The number of nitrogens with one attached hydrogen (secondary N) is 1. The van der Waals surface area contributed by atoms with Crippen LogP contribution in [0.3, 0.4) is 0 Å². The molecule has 1 fully saturated rings. The summed E-state index contributed by atoms with van der Waals surface area (Å²) in [4.78, 5) is 4.98. The Morgan fingerprint density at radius 3 is 2.58 bits per heavy atom. The number of benzene rings is 1. The fourth-order valence-electron chi connectivity index (χ4n) is 2.78. The minimum absolute atomic E-state index is 0.250. The molecule has 1 aliphatic heterocycles. The van der Waals surface area contributed by atoms with Crippen LogP contribution in [-0.2, 0) is 10.0 Å². The molecule has 1 aromatic rings. The van der Waals surface area contributed by atoms with E-state index in [1.165, 1.54) is 12.8 Å². The summed E-state index contributed by atoms with van der Waals surface area (Å²) in [6, 6.07) is 7.28. The molecule has 1 heterocycles. The molecule has 0 unspecified atom stereocenters. The molecule has 0 saturated heterocycles. The SMILES string of the molecule is CC1CCC(N=C2NS(=O)(=O)c3ccccc32)CC1. The van der Waals surface area contributed by atoms with Crippen molar-refractivity contribution in [1.82, 2.24) is 4.72 Å². The van der Waals surface area contributed by atoms with Gasteiger partial charge in [-0.05, 0) is 43.7 Å². The van der Waals surface area contributed by atoms with Crippen molar-refractivity contribution >= 4 is 15.9 Å². The molecule has 19 heavy (non-hydrogen) atoms. The number of aliphatic imine (C=N–C) groups is 1. The van der Waals surface area contributed by atoms with Gasteiger partial charge in [0, 0.05) is 5.56 Å². The monoisotopic (exact) mass is 278 g/mol. The molecule has 102 valence electrons. The predicted molar refractivity (Wildman–Crippen MR) is 74.7 cm³/mol. The van der Waals surface area contributed by atoms with Crippen molar-refractivity contribution in [2.75, 3.05) is 0 Å². The molecule has 4 nitrogen and oxygen atoms in total. The van der Waals surface area contributed by atoms with Crippen LogP contribution in [0, 0.1) is 5.92 Å². The number of hydrogen-bond donors (Lipinski definition) is 1. The Morgan fingerprint density at radius 2 is 1.84 bits per heavy atom. The second kappa shape index (κ2) is 4.63. The molecule has 0 bridgehead atoms. The van der Waals surface area contributed by atoms with Gasteiger partial charge in [0.25, 0.3) is 10.0 Å². The first-order valence-electron chi connectivity index (χ1n) is 6.76. The number of hydrogen-bond acceptors (Lipinski definition) is 3. The fourth-order valence-corrected chi connectivity index (χ4v) is 4.02. The van der Waals surface area contributed by atoms with E-state index in [1.807, 2.05) is 12.1 Å². The number of nitrogens with zero attached hydrogens (tertiary/aromatic N) is 1. The minimum Gasteiger partial charge on any atom is -0.264 e. The largest absolute Gasteiger partial charge is 0.264 e. The van der Waals surface area contributed by atoms with E-state index in [9.17, 15) is 8.42 Å². The molecular formula is C14H18N2O2S. The maximum absolute atomic E-state index is 12.0. The van der Waals surface area contributed by atoms with Crippen LogP contribution >= 0.6 is 0 Å². The first-order valence-corrected chi connectivity index (χ1v) is 8.24. The van der Waals surface area contributed by atoms with Crippen molar-refractivity contribution in [3.8, 4) is 0 Å². The second-order valence-electron chi connectivity index (χ2n) is 5.49. The molecular weight excluding hydrogens is 260 g/mol. The van der Waals surface area contributed by atoms with Crippen molar-refractivity contribution < 1.29 is 8.42 Å². The Labute approximate surface area is 114 Å². The highest BCUT2D eigenvalue weighted by Gasteiger charge is 2.31. The summed E-state index contributed by atoms with van der Waals surface area (Å²) in [7, 11) is -3.40. The number of rotatable bonds is 1. The highest BCUT2D eigenvalue weighted by atomic mass is 32.2.